The van der Waals surface area contributed by atoms with E-state index < -0.39 is 6.04 Å². The molecule has 0 fully saturated rings. The van der Waals surface area contributed by atoms with Gasteiger partial charge in [-0.05, 0) is 68.7 Å². The van der Waals surface area contributed by atoms with E-state index in [0.717, 1.165) is 22.0 Å². The van der Waals surface area contributed by atoms with Crippen LogP contribution in [0.1, 0.15) is 38.3 Å². The summed E-state index contributed by atoms with van der Waals surface area (Å²) in [5.74, 6) is 0.149. The Morgan fingerprint density at radius 3 is 2.43 bits per heavy atom. The summed E-state index contributed by atoms with van der Waals surface area (Å²) in [6.45, 7) is 7.75. The predicted octanol–water partition coefficient (Wildman–Crippen LogP) is 5.12. The molecular weight excluding hydrogens is 468 g/mol. The minimum absolute atomic E-state index is 0.0365. The molecule has 30 heavy (non-hydrogen) atoms. The standard InChI is InChI=1S/C23H28BrClN2O3/c1-5-16(3)26-23(29)17(4)27(13-18-6-8-19(25)9-7-18)22(28)14-30-20-10-11-21(24)15(2)12-20/h6-12,16-17H,5,13-14H2,1-4H3,(H,26,29). The number of benzene rings is 2. The SMILES string of the molecule is CCC(C)NC(=O)C(C)N(Cc1ccc(Cl)cc1)C(=O)COc1ccc(Br)c(C)c1. The van der Waals surface area contributed by atoms with Crippen LogP contribution >= 0.6 is 27.5 Å². The summed E-state index contributed by atoms with van der Waals surface area (Å²) in [7, 11) is 0. The Kier molecular flexibility index (Phi) is 9.18. The second-order valence-corrected chi connectivity index (χ2v) is 8.63. The van der Waals surface area contributed by atoms with E-state index in [4.69, 9.17) is 16.3 Å². The highest BCUT2D eigenvalue weighted by Gasteiger charge is 2.27. The lowest BCUT2D eigenvalue weighted by Crippen LogP contribution is -2.50. The minimum Gasteiger partial charge on any atom is -0.484 e. The van der Waals surface area contributed by atoms with Gasteiger partial charge in [-0.2, -0.15) is 0 Å². The van der Waals surface area contributed by atoms with Crippen molar-refractivity contribution in [3.63, 3.8) is 0 Å². The molecule has 2 rings (SSSR count). The van der Waals surface area contributed by atoms with Crippen molar-refractivity contribution in [2.45, 2.75) is 52.7 Å². The van der Waals surface area contributed by atoms with Crippen molar-refractivity contribution < 1.29 is 14.3 Å². The van der Waals surface area contributed by atoms with Crippen LogP contribution in [0.3, 0.4) is 0 Å². The van der Waals surface area contributed by atoms with E-state index in [9.17, 15) is 9.59 Å². The molecular formula is C23H28BrClN2O3. The van der Waals surface area contributed by atoms with Gasteiger partial charge in [0.2, 0.25) is 5.91 Å². The van der Waals surface area contributed by atoms with Gasteiger partial charge in [0.15, 0.2) is 6.61 Å². The maximum atomic E-state index is 13.0. The van der Waals surface area contributed by atoms with Crippen molar-refractivity contribution in [2.24, 2.45) is 0 Å². The Bertz CT molecular complexity index is 873. The van der Waals surface area contributed by atoms with Gasteiger partial charge in [-0.25, -0.2) is 0 Å². The molecule has 2 aromatic rings. The third-order valence-electron chi connectivity index (χ3n) is 4.93. The van der Waals surface area contributed by atoms with Crippen molar-refractivity contribution >= 4 is 39.3 Å². The van der Waals surface area contributed by atoms with Gasteiger partial charge in [0.25, 0.3) is 5.91 Å². The number of nitrogens with zero attached hydrogens (tertiary/aromatic N) is 1. The molecule has 2 aromatic carbocycles. The fraction of sp³-hybridized carbons (Fsp3) is 0.391. The molecule has 2 atom stereocenters. The highest BCUT2D eigenvalue weighted by Crippen LogP contribution is 2.22. The molecule has 0 saturated carbocycles. The zero-order valence-corrected chi connectivity index (χ0v) is 20.1. The van der Waals surface area contributed by atoms with Gasteiger partial charge >= 0.3 is 0 Å². The first-order valence-electron chi connectivity index (χ1n) is 9.94. The van der Waals surface area contributed by atoms with Crippen molar-refractivity contribution in [3.8, 4) is 5.75 Å². The first-order valence-corrected chi connectivity index (χ1v) is 11.1. The van der Waals surface area contributed by atoms with Gasteiger partial charge < -0.3 is 15.0 Å². The quantitative estimate of drug-likeness (QED) is 0.525. The maximum absolute atomic E-state index is 13.0. The third kappa shape index (κ3) is 7.03. The second-order valence-electron chi connectivity index (χ2n) is 7.34. The highest BCUT2D eigenvalue weighted by atomic mass is 79.9. The van der Waals surface area contributed by atoms with Crippen LogP contribution in [0.4, 0.5) is 0 Å². The molecule has 0 bridgehead atoms. The summed E-state index contributed by atoms with van der Waals surface area (Å²) in [4.78, 5) is 27.2. The Balaban J connectivity index is 2.15. The summed E-state index contributed by atoms with van der Waals surface area (Å²) < 4.78 is 6.68. The van der Waals surface area contributed by atoms with Crippen LogP contribution in [0.25, 0.3) is 0 Å². The normalized spacial score (nSPS) is 12.7. The molecule has 7 heteroatoms. The minimum atomic E-state index is -0.641. The number of hydrogen-bond acceptors (Lipinski definition) is 3. The fourth-order valence-electron chi connectivity index (χ4n) is 2.77. The lowest BCUT2D eigenvalue weighted by molar-refractivity contribution is -0.142. The van der Waals surface area contributed by atoms with Crippen LogP contribution in [0, 0.1) is 6.92 Å². The van der Waals surface area contributed by atoms with Gasteiger partial charge in [0.05, 0.1) is 0 Å². The number of carbonyl (C=O) groups is 2. The van der Waals surface area contributed by atoms with Crippen LogP contribution in [0.2, 0.25) is 5.02 Å². The Morgan fingerprint density at radius 1 is 1.17 bits per heavy atom. The Morgan fingerprint density at radius 2 is 1.83 bits per heavy atom. The lowest BCUT2D eigenvalue weighted by atomic mass is 10.1. The number of carbonyl (C=O) groups excluding carboxylic acids is 2. The smallest absolute Gasteiger partial charge is 0.261 e. The first kappa shape index (κ1) is 24.2. The largest absolute Gasteiger partial charge is 0.484 e. The van der Waals surface area contributed by atoms with Gasteiger partial charge in [-0.15, -0.1) is 0 Å². The number of nitrogens with one attached hydrogen (secondary N) is 1. The molecule has 0 saturated heterocycles. The molecule has 0 aliphatic rings. The average molecular weight is 496 g/mol. The van der Waals surface area contributed by atoms with Crippen molar-refractivity contribution in [2.75, 3.05) is 6.61 Å². The summed E-state index contributed by atoms with van der Waals surface area (Å²) in [6.07, 6.45) is 0.815. The molecule has 0 aliphatic heterocycles. The second kappa shape index (κ2) is 11.4. The molecule has 0 heterocycles. The molecule has 2 amide bonds. The third-order valence-corrected chi connectivity index (χ3v) is 6.07. The van der Waals surface area contributed by atoms with Crippen molar-refractivity contribution in [3.05, 3.63) is 63.1 Å². The molecule has 5 nitrogen and oxygen atoms in total. The van der Waals surface area contributed by atoms with Crippen LogP contribution in [0.15, 0.2) is 46.9 Å². The van der Waals surface area contributed by atoms with Crippen LogP contribution in [-0.4, -0.2) is 35.4 Å². The number of amides is 2. The monoisotopic (exact) mass is 494 g/mol. The molecule has 1 N–H and O–H groups in total. The Labute approximate surface area is 191 Å². The topological polar surface area (TPSA) is 58.6 Å². The Hall–Kier alpha value is -2.05. The van der Waals surface area contributed by atoms with Crippen LogP contribution in [-0.2, 0) is 16.1 Å². The zero-order valence-electron chi connectivity index (χ0n) is 17.7. The summed E-state index contributed by atoms with van der Waals surface area (Å²) in [5.41, 5.74) is 1.90. The van der Waals surface area contributed by atoms with Gasteiger partial charge in [0.1, 0.15) is 11.8 Å². The van der Waals surface area contributed by atoms with Crippen LogP contribution in [0.5, 0.6) is 5.75 Å². The molecule has 2 unspecified atom stereocenters. The van der Waals surface area contributed by atoms with E-state index in [-0.39, 0.29) is 31.0 Å². The van der Waals surface area contributed by atoms with Gasteiger partial charge in [-0.1, -0.05) is 46.6 Å². The highest BCUT2D eigenvalue weighted by molar-refractivity contribution is 9.10. The molecule has 0 aromatic heterocycles. The number of ether oxygens (including phenoxy) is 1. The number of hydrogen-bond donors (Lipinski definition) is 1. The van der Waals surface area contributed by atoms with Crippen LogP contribution < -0.4 is 10.1 Å². The number of rotatable bonds is 9. The van der Waals surface area contributed by atoms with Crippen molar-refractivity contribution in [1.82, 2.24) is 10.2 Å². The van der Waals surface area contributed by atoms with Gasteiger partial charge in [-0.3, -0.25) is 9.59 Å². The van der Waals surface area contributed by atoms with E-state index in [1.165, 1.54) is 4.90 Å². The molecule has 0 aliphatic carbocycles. The molecule has 0 radical (unpaired) electrons. The zero-order chi connectivity index (χ0) is 22.3. The van der Waals surface area contributed by atoms with E-state index in [1.54, 1.807) is 25.1 Å². The first-order chi connectivity index (χ1) is 14.2. The van der Waals surface area contributed by atoms with Gasteiger partial charge in [0, 0.05) is 22.1 Å². The summed E-state index contributed by atoms with van der Waals surface area (Å²) >= 11 is 9.42. The van der Waals surface area contributed by atoms with E-state index in [2.05, 4.69) is 21.2 Å². The maximum Gasteiger partial charge on any atom is 0.261 e. The predicted molar refractivity (Wildman–Crippen MR) is 124 cm³/mol. The fourth-order valence-corrected chi connectivity index (χ4v) is 3.14. The van der Waals surface area contributed by atoms with E-state index in [0.29, 0.717) is 10.8 Å². The summed E-state index contributed by atoms with van der Waals surface area (Å²) in [5, 5.41) is 3.57. The average Bonchev–Trinajstić information content (AvgIpc) is 2.73. The molecule has 162 valence electrons. The summed E-state index contributed by atoms with van der Waals surface area (Å²) in [6, 6.07) is 12.2. The van der Waals surface area contributed by atoms with Crippen molar-refractivity contribution in [1.29, 1.82) is 0 Å². The number of halogens is 2. The van der Waals surface area contributed by atoms with E-state index in [1.807, 2.05) is 45.0 Å². The lowest BCUT2D eigenvalue weighted by Gasteiger charge is -2.29. The molecule has 0 spiro atoms. The number of aryl methyl sites for hydroxylation is 1. The van der Waals surface area contributed by atoms with E-state index >= 15 is 0 Å².